The summed E-state index contributed by atoms with van der Waals surface area (Å²) in [5, 5.41) is 6.06. The van der Waals surface area contributed by atoms with Crippen molar-refractivity contribution in [2.45, 2.75) is 43.9 Å². The zero-order chi connectivity index (χ0) is 10.9. The normalized spacial score (nSPS) is 11.6. The molecule has 3 nitrogen and oxygen atoms in total. The van der Waals surface area contributed by atoms with Crippen LogP contribution in [-0.4, -0.2) is 15.0 Å². The first kappa shape index (κ1) is 11.4. The molecule has 0 radical (unpaired) electrons. The highest BCUT2D eigenvalue weighted by molar-refractivity contribution is 8.00. The number of aryl methyl sites for hydroxylation is 1. The Morgan fingerprint density at radius 2 is 1.86 bits per heavy atom. The van der Waals surface area contributed by atoms with Crippen LogP contribution < -0.4 is 5.73 Å². The highest BCUT2D eigenvalue weighted by Gasteiger charge is 2.16. The SMILES string of the molecule is CC(C)Sc1c(N)c(C(C)C)nn1C. The minimum Gasteiger partial charge on any atom is -0.395 e. The lowest BCUT2D eigenvalue weighted by atomic mass is 10.1. The van der Waals surface area contributed by atoms with E-state index in [9.17, 15) is 0 Å². The van der Waals surface area contributed by atoms with Gasteiger partial charge in [0, 0.05) is 12.3 Å². The number of nitrogen functional groups attached to an aromatic ring is 1. The molecule has 0 bridgehead atoms. The van der Waals surface area contributed by atoms with Crippen molar-refractivity contribution >= 4 is 17.4 Å². The minimum absolute atomic E-state index is 0.391. The molecule has 1 aromatic heterocycles. The molecule has 0 unspecified atom stereocenters. The Bertz CT molecular complexity index is 315. The molecule has 0 aliphatic rings. The molecule has 1 heterocycles. The number of anilines is 1. The first-order valence-electron chi connectivity index (χ1n) is 4.92. The standard InChI is InChI=1S/C10H19N3S/c1-6(2)9-8(11)10(13(5)12-9)14-7(3)4/h6-7H,11H2,1-5H3. The number of rotatable bonds is 3. The summed E-state index contributed by atoms with van der Waals surface area (Å²) < 4.78 is 1.88. The second-order valence-corrected chi connectivity index (χ2v) is 5.61. The fourth-order valence-corrected chi connectivity index (χ4v) is 2.21. The van der Waals surface area contributed by atoms with Crippen molar-refractivity contribution < 1.29 is 0 Å². The van der Waals surface area contributed by atoms with E-state index >= 15 is 0 Å². The van der Waals surface area contributed by atoms with Gasteiger partial charge in [-0.15, -0.1) is 11.8 Å². The van der Waals surface area contributed by atoms with E-state index in [4.69, 9.17) is 5.73 Å². The molecular weight excluding hydrogens is 194 g/mol. The lowest BCUT2D eigenvalue weighted by molar-refractivity contribution is 0.670. The molecule has 80 valence electrons. The lowest BCUT2D eigenvalue weighted by Crippen LogP contribution is -1.97. The minimum atomic E-state index is 0.391. The van der Waals surface area contributed by atoms with E-state index in [-0.39, 0.29) is 0 Å². The summed E-state index contributed by atoms with van der Waals surface area (Å²) in [4.78, 5) is 0. The monoisotopic (exact) mass is 213 g/mol. The molecule has 0 aromatic carbocycles. The van der Waals surface area contributed by atoms with Crippen molar-refractivity contribution in [3.8, 4) is 0 Å². The Morgan fingerprint density at radius 1 is 1.29 bits per heavy atom. The maximum atomic E-state index is 6.05. The fraction of sp³-hybridized carbons (Fsp3) is 0.700. The summed E-state index contributed by atoms with van der Waals surface area (Å²) in [6.45, 7) is 8.54. The molecule has 1 aromatic rings. The van der Waals surface area contributed by atoms with Crippen molar-refractivity contribution in [1.29, 1.82) is 0 Å². The molecule has 4 heteroatoms. The Kier molecular flexibility index (Phi) is 3.48. The van der Waals surface area contributed by atoms with Crippen LogP contribution in [0, 0.1) is 0 Å². The third-order valence-corrected chi connectivity index (χ3v) is 3.13. The van der Waals surface area contributed by atoms with Gasteiger partial charge in [0.15, 0.2) is 0 Å². The smallest absolute Gasteiger partial charge is 0.117 e. The second kappa shape index (κ2) is 4.26. The summed E-state index contributed by atoms with van der Waals surface area (Å²) in [5.74, 6) is 0.391. The number of aromatic nitrogens is 2. The third-order valence-electron chi connectivity index (χ3n) is 1.95. The molecule has 2 N–H and O–H groups in total. The predicted molar refractivity (Wildman–Crippen MR) is 62.7 cm³/mol. The molecule has 0 spiro atoms. The van der Waals surface area contributed by atoms with Gasteiger partial charge >= 0.3 is 0 Å². The number of nitrogens with zero attached hydrogens (tertiary/aromatic N) is 2. The molecular formula is C10H19N3S. The van der Waals surface area contributed by atoms with Crippen LogP contribution in [0.3, 0.4) is 0 Å². The lowest BCUT2D eigenvalue weighted by Gasteiger charge is -2.05. The van der Waals surface area contributed by atoms with Gasteiger partial charge in [-0.1, -0.05) is 27.7 Å². The third kappa shape index (κ3) is 2.23. The largest absolute Gasteiger partial charge is 0.395 e. The van der Waals surface area contributed by atoms with E-state index in [1.807, 2.05) is 11.7 Å². The van der Waals surface area contributed by atoms with E-state index in [2.05, 4.69) is 32.8 Å². The number of hydrogen-bond acceptors (Lipinski definition) is 3. The van der Waals surface area contributed by atoms with Gasteiger partial charge < -0.3 is 5.73 Å². The molecule has 0 fully saturated rings. The van der Waals surface area contributed by atoms with Gasteiger partial charge in [0.05, 0.1) is 11.4 Å². The Balaban J connectivity index is 3.05. The molecule has 0 saturated heterocycles. The molecule has 0 atom stereocenters. The van der Waals surface area contributed by atoms with Gasteiger partial charge in [-0.05, 0) is 5.92 Å². The average molecular weight is 213 g/mol. The van der Waals surface area contributed by atoms with Crippen molar-refractivity contribution in [3.05, 3.63) is 5.69 Å². The quantitative estimate of drug-likeness (QED) is 0.785. The number of hydrogen-bond donors (Lipinski definition) is 1. The molecule has 0 amide bonds. The van der Waals surface area contributed by atoms with E-state index in [0.29, 0.717) is 11.2 Å². The molecule has 1 rings (SSSR count). The Labute approximate surface area is 90.1 Å². The van der Waals surface area contributed by atoms with E-state index in [1.54, 1.807) is 11.8 Å². The van der Waals surface area contributed by atoms with Crippen molar-refractivity contribution in [3.63, 3.8) is 0 Å². The summed E-state index contributed by atoms with van der Waals surface area (Å²) in [5.41, 5.74) is 7.91. The van der Waals surface area contributed by atoms with Crippen LogP contribution in [-0.2, 0) is 7.05 Å². The van der Waals surface area contributed by atoms with Gasteiger partial charge in [0.25, 0.3) is 0 Å². The average Bonchev–Trinajstić information content (AvgIpc) is 2.31. The van der Waals surface area contributed by atoms with Crippen molar-refractivity contribution in [2.75, 3.05) is 5.73 Å². The van der Waals surface area contributed by atoms with Crippen LogP contribution >= 0.6 is 11.8 Å². The summed E-state index contributed by atoms with van der Waals surface area (Å²) in [7, 11) is 1.95. The topological polar surface area (TPSA) is 43.8 Å². The van der Waals surface area contributed by atoms with Crippen LogP contribution in [0.15, 0.2) is 5.03 Å². The van der Waals surface area contributed by atoms with E-state index in [0.717, 1.165) is 16.4 Å². The molecule has 0 saturated carbocycles. The number of thioether (sulfide) groups is 1. The Morgan fingerprint density at radius 3 is 2.21 bits per heavy atom. The fourth-order valence-electron chi connectivity index (χ4n) is 1.33. The molecule has 0 aliphatic carbocycles. The van der Waals surface area contributed by atoms with Crippen LogP contribution in [0.4, 0.5) is 5.69 Å². The van der Waals surface area contributed by atoms with Crippen LogP contribution in [0.5, 0.6) is 0 Å². The zero-order valence-electron chi connectivity index (χ0n) is 9.53. The van der Waals surface area contributed by atoms with E-state index < -0.39 is 0 Å². The summed E-state index contributed by atoms with van der Waals surface area (Å²) in [6.07, 6.45) is 0. The maximum absolute atomic E-state index is 6.05. The maximum Gasteiger partial charge on any atom is 0.117 e. The molecule has 0 aliphatic heterocycles. The van der Waals surface area contributed by atoms with Gasteiger partial charge in [0.2, 0.25) is 0 Å². The van der Waals surface area contributed by atoms with Crippen LogP contribution in [0.25, 0.3) is 0 Å². The first-order chi connectivity index (χ1) is 6.43. The van der Waals surface area contributed by atoms with Crippen LogP contribution in [0.1, 0.15) is 39.3 Å². The van der Waals surface area contributed by atoms with Crippen molar-refractivity contribution in [2.24, 2.45) is 7.05 Å². The second-order valence-electron chi connectivity index (χ2n) is 4.05. The van der Waals surface area contributed by atoms with Gasteiger partial charge in [-0.25, -0.2) is 0 Å². The van der Waals surface area contributed by atoms with Crippen molar-refractivity contribution in [1.82, 2.24) is 9.78 Å². The highest BCUT2D eigenvalue weighted by Crippen LogP contribution is 2.33. The first-order valence-corrected chi connectivity index (χ1v) is 5.80. The number of nitrogens with two attached hydrogens (primary N) is 1. The zero-order valence-corrected chi connectivity index (χ0v) is 10.4. The van der Waals surface area contributed by atoms with Crippen LogP contribution in [0.2, 0.25) is 0 Å². The van der Waals surface area contributed by atoms with Gasteiger partial charge in [0.1, 0.15) is 5.03 Å². The predicted octanol–water partition coefficient (Wildman–Crippen LogP) is 2.63. The Hall–Kier alpha value is -0.640. The molecule has 14 heavy (non-hydrogen) atoms. The van der Waals surface area contributed by atoms with E-state index in [1.165, 1.54) is 0 Å². The van der Waals surface area contributed by atoms with Gasteiger partial charge in [-0.2, -0.15) is 5.10 Å². The highest BCUT2D eigenvalue weighted by atomic mass is 32.2. The summed E-state index contributed by atoms with van der Waals surface area (Å²) in [6, 6.07) is 0. The van der Waals surface area contributed by atoms with Gasteiger partial charge in [-0.3, -0.25) is 4.68 Å². The summed E-state index contributed by atoms with van der Waals surface area (Å²) >= 11 is 1.77.